The first-order valence-corrected chi connectivity index (χ1v) is 9.98. The Balaban J connectivity index is 2.16. The molecule has 1 aliphatic heterocycles. The first-order chi connectivity index (χ1) is 13.9. The van der Waals surface area contributed by atoms with Crippen LogP contribution in [0.25, 0.3) is 5.76 Å². The van der Waals surface area contributed by atoms with Crippen molar-refractivity contribution in [2.75, 3.05) is 20.8 Å². The molecular formula is C22H22BrNO5. The maximum atomic E-state index is 12.9. The second-order valence-corrected chi connectivity index (χ2v) is 7.47. The molecule has 0 aliphatic carbocycles. The van der Waals surface area contributed by atoms with Gasteiger partial charge >= 0.3 is 0 Å². The zero-order valence-electron chi connectivity index (χ0n) is 16.4. The van der Waals surface area contributed by atoms with Crippen LogP contribution in [0.4, 0.5) is 0 Å². The predicted octanol–water partition coefficient (Wildman–Crippen LogP) is 4.30. The molecule has 1 aliphatic rings. The Kier molecular flexibility index (Phi) is 6.27. The molecule has 152 valence electrons. The molecule has 1 heterocycles. The summed E-state index contributed by atoms with van der Waals surface area (Å²) < 4.78 is 11.1. The molecule has 0 radical (unpaired) electrons. The first kappa shape index (κ1) is 20.9. The van der Waals surface area contributed by atoms with Gasteiger partial charge in [0.15, 0.2) is 0 Å². The number of halogens is 1. The van der Waals surface area contributed by atoms with Crippen LogP contribution in [0.15, 0.2) is 52.5 Å². The number of carbonyl (C=O) groups excluding carboxylic acids is 2. The molecule has 1 amide bonds. The summed E-state index contributed by atoms with van der Waals surface area (Å²) >= 11 is 3.39. The van der Waals surface area contributed by atoms with Crippen LogP contribution in [0.2, 0.25) is 0 Å². The minimum Gasteiger partial charge on any atom is -0.507 e. The molecule has 0 bridgehead atoms. The van der Waals surface area contributed by atoms with Crippen LogP contribution in [0, 0.1) is 0 Å². The number of Topliss-reactive ketones (excluding diaryl/α,β-unsaturated/α-hetero) is 1. The van der Waals surface area contributed by atoms with Crippen molar-refractivity contribution in [3.63, 3.8) is 0 Å². The van der Waals surface area contributed by atoms with Crippen molar-refractivity contribution in [2.45, 2.75) is 19.4 Å². The van der Waals surface area contributed by atoms with Gasteiger partial charge in [-0.25, -0.2) is 0 Å². The van der Waals surface area contributed by atoms with Gasteiger partial charge in [0, 0.05) is 12.1 Å². The number of ketones is 1. The first-order valence-electron chi connectivity index (χ1n) is 9.19. The average Bonchev–Trinajstić information content (AvgIpc) is 2.98. The van der Waals surface area contributed by atoms with Gasteiger partial charge in [-0.05, 0) is 58.2 Å². The number of hydrogen-bond donors (Lipinski definition) is 1. The molecule has 2 aromatic carbocycles. The molecule has 1 saturated heterocycles. The van der Waals surface area contributed by atoms with E-state index in [9.17, 15) is 14.7 Å². The second-order valence-electron chi connectivity index (χ2n) is 6.61. The van der Waals surface area contributed by atoms with E-state index in [4.69, 9.17) is 9.47 Å². The van der Waals surface area contributed by atoms with Gasteiger partial charge in [0.25, 0.3) is 11.7 Å². The van der Waals surface area contributed by atoms with Crippen molar-refractivity contribution in [1.82, 2.24) is 4.90 Å². The Morgan fingerprint density at radius 3 is 2.34 bits per heavy atom. The highest BCUT2D eigenvalue weighted by atomic mass is 79.9. The molecule has 1 N–H and O–H groups in total. The number of rotatable bonds is 6. The molecule has 1 fully saturated rings. The van der Waals surface area contributed by atoms with Gasteiger partial charge in [-0.2, -0.15) is 0 Å². The summed E-state index contributed by atoms with van der Waals surface area (Å²) in [4.78, 5) is 27.1. The average molecular weight is 460 g/mol. The largest absolute Gasteiger partial charge is 0.507 e. The maximum absolute atomic E-state index is 12.9. The van der Waals surface area contributed by atoms with Crippen LogP contribution < -0.4 is 9.47 Å². The Labute approximate surface area is 177 Å². The van der Waals surface area contributed by atoms with Crippen molar-refractivity contribution in [2.24, 2.45) is 0 Å². The van der Waals surface area contributed by atoms with Gasteiger partial charge in [0.1, 0.15) is 17.3 Å². The highest BCUT2D eigenvalue weighted by Crippen LogP contribution is 2.40. The van der Waals surface area contributed by atoms with Gasteiger partial charge < -0.3 is 19.5 Å². The van der Waals surface area contributed by atoms with E-state index in [2.05, 4.69) is 15.9 Å². The van der Waals surface area contributed by atoms with Gasteiger partial charge in [-0.3, -0.25) is 9.59 Å². The Hall–Kier alpha value is -2.80. The van der Waals surface area contributed by atoms with Crippen LogP contribution in [0.5, 0.6) is 11.5 Å². The molecule has 0 aromatic heterocycles. The molecule has 7 heteroatoms. The van der Waals surface area contributed by atoms with E-state index >= 15 is 0 Å². The van der Waals surface area contributed by atoms with Gasteiger partial charge in [-0.15, -0.1) is 0 Å². The summed E-state index contributed by atoms with van der Waals surface area (Å²) in [7, 11) is 3.11. The highest BCUT2D eigenvalue weighted by molar-refractivity contribution is 9.10. The summed E-state index contributed by atoms with van der Waals surface area (Å²) in [5.41, 5.74) is 1.23. The van der Waals surface area contributed by atoms with E-state index in [-0.39, 0.29) is 11.3 Å². The number of methoxy groups -OCH3 is 2. The number of ether oxygens (including phenoxy) is 2. The van der Waals surface area contributed by atoms with Crippen molar-refractivity contribution in [3.8, 4) is 11.5 Å². The highest BCUT2D eigenvalue weighted by Gasteiger charge is 2.45. The van der Waals surface area contributed by atoms with Crippen LogP contribution in [0.3, 0.4) is 0 Å². The molecular weight excluding hydrogens is 438 g/mol. The lowest BCUT2D eigenvalue weighted by Gasteiger charge is -2.25. The Morgan fingerprint density at radius 2 is 1.79 bits per heavy atom. The van der Waals surface area contributed by atoms with Crippen LogP contribution in [-0.4, -0.2) is 42.5 Å². The second kappa shape index (κ2) is 8.69. The summed E-state index contributed by atoms with van der Waals surface area (Å²) in [6, 6.07) is 11.5. The zero-order chi connectivity index (χ0) is 21.1. The number of amides is 1. The van der Waals surface area contributed by atoms with E-state index in [1.165, 1.54) is 4.90 Å². The molecule has 1 atom stereocenters. The Morgan fingerprint density at radius 1 is 1.10 bits per heavy atom. The summed E-state index contributed by atoms with van der Waals surface area (Å²) in [6.07, 6.45) is 0.688. The lowest BCUT2D eigenvalue weighted by molar-refractivity contribution is -0.139. The number of nitrogens with zero attached hydrogens (tertiary/aromatic N) is 1. The molecule has 29 heavy (non-hydrogen) atoms. The topological polar surface area (TPSA) is 76.1 Å². The quantitative estimate of drug-likeness (QED) is 0.395. The van der Waals surface area contributed by atoms with E-state index in [1.807, 2.05) is 6.92 Å². The molecule has 0 saturated carbocycles. The maximum Gasteiger partial charge on any atom is 0.295 e. The normalized spacial score (nSPS) is 18.2. The number of benzene rings is 2. The summed E-state index contributed by atoms with van der Waals surface area (Å²) in [5.74, 6) is -0.253. The van der Waals surface area contributed by atoms with Crippen molar-refractivity contribution in [1.29, 1.82) is 0 Å². The predicted molar refractivity (Wildman–Crippen MR) is 113 cm³/mol. The fourth-order valence-corrected chi connectivity index (χ4v) is 3.99. The number of aliphatic hydroxyl groups excluding tert-OH is 1. The lowest BCUT2D eigenvalue weighted by Crippen LogP contribution is -2.30. The molecule has 0 spiro atoms. The van der Waals surface area contributed by atoms with Crippen LogP contribution in [0.1, 0.15) is 30.5 Å². The van der Waals surface area contributed by atoms with Gasteiger partial charge in [-0.1, -0.05) is 19.1 Å². The lowest BCUT2D eigenvalue weighted by atomic mass is 9.95. The van der Waals surface area contributed by atoms with Gasteiger partial charge in [0.05, 0.1) is 30.3 Å². The number of aliphatic hydroxyl groups is 1. The van der Waals surface area contributed by atoms with Gasteiger partial charge in [0.2, 0.25) is 0 Å². The zero-order valence-corrected chi connectivity index (χ0v) is 18.0. The van der Waals surface area contributed by atoms with Crippen molar-refractivity contribution >= 4 is 33.4 Å². The fourth-order valence-electron chi connectivity index (χ4n) is 3.45. The molecule has 6 nitrogen and oxygen atoms in total. The Bertz CT molecular complexity index is 968. The standard InChI is InChI=1S/C22H22BrNO5/c1-4-11-24-19(13-5-8-15(28-2)9-6-13)18(21(26)22(24)27)20(25)14-7-10-17(29-3)16(23)12-14/h5-10,12,19,25H,4,11H2,1-3H3/b20-18-. The minimum atomic E-state index is -0.691. The smallest absolute Gasteiger partial charge is 0.295 e. The number of likely N-dealkylation sites (tertiary alicyclic amines) is 1. The third-order valence-electron chi connectivity index (χ3n) is 4.86. The SMILES string of the molecule is CCCN1C(=O)C(=O)/C(=C(\O)c2ccc(OC)c(Br)c2)C1c1ccc(OC)cc1. The number of hydrogen-bond acceptors (Lipinski definition) is 5. The molecule has 3 rings (SSSR count). The molecule has 1 unspecified atom stereocenters. The monoisotopic (exact) mass is 459 g/mol. The third kappa shape index (κ3) is 3.87. The van der Waals surface area contributed by atoms with E-state index in [0.29, 0.717) is 34.5 Å². The van der Waals surface area contributed by atoms with E-state index in [1.54, 1.807) is 56.7 Å². The molecule has 2 aromatic rings. The van der Waals surface area contributed by atoms with Crippen LogP contribution in [-0.2, 0) is 9.59 Å². The van der Waals surface area contributed by atoms with E-state index in [0.717, 1.165) is 5.56 Å². The van der Waals surface area contributed by atoms with Crippen molar-refractivity contribution in [3.05, 3.63) is 63.6 Å². The van der Waals surface area contributed by atoms with E-state index < -0.39 is 17.7 Å². The van der Waals surface area contributed by atoms with Crippen LogP contribution >= 0.6 is 15.9 Å². The number of carbonyl (C=O) groups is 2. The summed E-state index contributed by atoms with van der Waals surface area (Å²) in [6.45, 7) is 2.34. The fraction of sp³-hybridized carbons (Fsp3) is 0.273. The third-order valence-corrected chi connectivity index (χ3v) is 5.48. The van der Waals surface area contributed by atoms with Crippen molar-refractivity contribution < 1.29 is 24.2 Å². The minimum absolute atomic E-state index is 0.0747. The summed E-state index contributed by atoms with van der Waals surface area (Å²) in [5, 5.41) is 11.0.